The summed E-state index contributed by atoms with van der Waals surface area (Å²) in [5.41, 5.74) is 1.21. The summed E-state index contributed by atoms with van der Waals surface area (Å²) in [6.07, 6.45) is 2.49. The van der Waals surface area contributed by atoms with Crippen LogP contribution in [0.25, 0.3) is 0 Å². The van der Waals surface area contributed by atoms with Crippen LogP contribution in [0.5, 0.6) is 0 Å². The van der Waals surface area contributed by atoms with Gasteiger partial charge in [-0.2, -0.15) is 11.3 Å². The van der Waals surface area contributed by atoms with Crippen molar-refractivity contribution in [2.75, 3.05) is 6.54 Å². The number of carboxylic acid groups (broad SMARTS) is 1. The number of carbonyl (C=O) groups is 2. The molecule has 2 heterocycles. The zero-order chi connectivity index (χ0) is 14.5. The number of thiophene rings is 1. The molecule has 0 bridgehead atoms. The van der Waals surface area contributed by atoms with Crippen LogP contribution >= 0.6 is 11.3 Å². The standard InChI is InChI=1S/C14H20N2O3S/c1-10(7-11-4-6-20-9-11)15-14(19)16-5-2-3-12(16)8-13(17)18/h4,6,9-10,12H,2-3,5,7-8H2,1H3,(H,15,19)(H,17,18). The Hall–Kier alpha value is -1.56. The highest BCUT2D eigenvalue weighted by Crippen LogP contribution is 2.20. The lowest BCUT2D eigenvalue weighted by Crippen LogP contribution is -2.47. The highest BCUT2D eigenvalue weighted by Gasteiger charge is 2.30. The molecule has 2 atom stereocenters. The van der Waals surface area contributed by atoms with Gasteiger partial charge in [0.25, 0.3) is 0 Å². The number of likely N-dealkylation sites (tertiary alicyclic amines) is 1. The average Bonchev–Trinajstić information content (AvgIpc) is 2.99. The first-order valence-corrected chi connectivity index (χ1v) is 7.80. The number of rotatable bonds is 5. The Morgan fingerprint density at radius 1 is 1.60 bits per heavy atom. The number of aliphatic carboxylic acids is 1. The van der Waals surface area contributed by atoms with Gasteiger partial charge < -0.3 is 15.3 Å². The van der Waals surface area contributed by atoms with Crippen LogP contribution in [0.1, 0.15) is 31.7 Å². The zero-order valence-electron chi connectivity index (χ0n) is 11.5. The molecular weight excluding hydrogens is 276 g/mol. The summed E-state index contributed by atoms with van der Waals surface area (Å²) < 4.78 is 0. The summed E-state index contributed by atoms with van der Waals surface area (Å²) in [6, 6.07) is 1.79. The molecule has 2 N–H and O–H groups in total. The van der Waals surface area contributed by atoms with Crippen LogP contribution in [0, 0.1) is 0 Å². The first-order valence-electron chi connectivity index (χ1n) is 6.86. The van der Waals surface area contributed by atoms with E-state index in [2.05, 4.69) is 16.8 Å². The van der Waals surface area contributed by atoms with Crippen molar-refractivity contribution in [3.05, 3.63) is 22.4 Å². The van der Waals surface area contributed by atoms with Crippen LogP contribution in [0.3, 0.4) is 0 Å². The Bertz CT molecular complexity index is 461. The van der Waals surface area contributed by atoms with Crippen molar-refractivity contribution in [2.24, 2.45) is 0 Å². The molecular formula is C14H20N2O3S. The normalized spacial score (nSPS) is 19.9. The lowest BCUT2D eigenvalue weighted by Gasteiger charge is -2.25. The van der Waals surface area contributed by atoms with Gasteiger partial charge in [0.2, 0.25) is 0 Å². The van der Waals surface area contributed by atoms with Crippen LogP contribution < -0.4 is 5.32 Å². The van der Waals surface area contributed by atoms with E-state index in [-0.39, 0.29) is 24.5 Å². The van der Waals surface area contributed by atoms with Gasteiger partial charge in [-0.1, -0.05) is 0 Å². The van der Waals surface area contributed by atoms with E-state index in [9.17, 15) is 9.59 Å². The van der Waals surface area contributed by atoms with E-state index in [4.69, 9.17) is 5.11 Å². The van der Waals surface area contributed by atoms with Gasteiger partial charge in [0.15, 0.2) is 0 Å². The molecule has 2 unspecified atom stereocenters. The van der Waals surface area contributed by atoms with Crippen molar-refractivity contribution in [3.63, 3.8) is 0 Å². The molecule has 0 saturated carbocycles. The number of nitrogens with zero attached hydrogens (tertiary/aromatic N) is 1. The third kappa shape index (κ3) is 3.96. The number of amides is 2. The average molecular weight is 296 g/mol. The topological polar surface area (TPSA) is 69.6 Å². The van der Waals surface area contributed by atoms with E-state index in [1.54, 1.807) is 16.2 Å². The fraction of sp³-hybridized carbons (Fsp3) is 0.571. The second-order valence-corrected chi connectivity index (χ2v) is 6.05. The highest BCUT2D eigenvalue weighted by molar-refractivity contribution is 7.07. The molecule has 0 aromatic carbocycles. The van der Waals surface area contributed by atoms with Crippen LogP contribution in [0.4, 0.5) is 4.79 Å². The molecule has 110 valence electrons. The maximum absolute atomic E-state index is 12.2. The second-order valence-electron chi connectivity index (χ2n) is 5.27. The van der Waals surface area contributed by atoms with E-state index < -0.39 is 5.97 Å². The Labute approximate surface area is 122 Å². The van der Waals surface area contributed by atoms with Crippen molar-refractivity contribution < 1.29 is 14.7 Å². The molecule has 2 amide bonds. The number of urea groups is 1. The van der Waals surface area contributed by atoms with Crippen LogP contribution in [0.2, 0.25) is 0 Å². The van der Waals surface area contributed by atoms with Crippen molar-refractivity contribution >= 4 is 23.3 Å². The minimum absolute atomic E-state index is 0.0341. The van der Waals surface area contributed by atoms with Gasteiger partial charge >= 0.3 is 12.0 Å². The number of carboxylic acids is 1. The predicted molar refractivity (Wildman–Crippen MR) is 78.0 cm³/mol. The predicted octanol–water partition coefficient (Wildman–Crippen LogP) is 2.33. The van der Waals surface area contributed by atoms with Crippen molar-refractivity contribution in [1.82, 2.24) is 10.2 Å². The van der Waals surface area contributed by atoms with Gasteiger partial charge in [-0.3, -0.25) is 4.79 Å². The quantitative estimate of drug-likeness (QED) is 0.876. The largest absolute Gasteiger partial charge is 0.481 e. The minimum Gasteiger partial charge on any atom is -0.481 e. The summed E-state index contributed by atoms with van der Waals surface area (Å²) in [5.74, 6) is -0.846. The van der Waals surface area contributed by atoms with Gasteiger partial charge in [0.1, 0.15) is 0 Å². The summed E-state index contributed by atoms with van der Waals surface area (Å²) in [6.45, 7) is 2.62. The lowest BCUT2D eigenvalue weighted by molar-refractivity contribution is -0.137. The maximum Gasteiger partial charge on any atom is 0.317 e. The van der Waals surface area contributed by atoms with Crippen molar-refractivity contribution in [1.29, 1.82) is 0 Å². The van der Waals surface area contributed by atoms with E-state index in [1.165, 1.54) is 5.56 Å². The number of nitrogens with one attached hydrogen (secondary N) is 1. The Morgan fingerprint density at radius 2 is 2.40 bits per heavy atom. The molecule has 1 saturated heterocycles. The van der Waals surface area contributed by atoms with Gasteiger partial charge in [-0.15, -0.1) is 0 Å². The van der Waals surface area contributed by atoms with Gasteiger partial charge in [0.05, 0.1) is 6.42 Å². The van der Waals surface area contributed by atoms with E-state index in [0.717, 1.165) is 19.3 Å². The SMILES string of the molecule is CC(Cc1ccsc1)NC(=O)N1CCCC1CC(=O)O. The van der Waals surface area contributed by atoms with Crippen molar-refractivity contribution in [2.45, 2.75) is 44.7 Å². The van der Waals surface area contributed by atoms with E-state index in [0.29, 0.717) is 6.54 Å². The third-order valence-electron chi connectivity index (χ3n) is 3.54. The van der Waals surface area contributed by atoms with Gasteiger partial charge in [-0.05, 0) is 48.6 Å². The van der Waals surface area contributed by atoms with E-state index in [1.807, 2.05) is 12.3 Å². The fourth-order valence-corrected chi connectivity index (χ4v) is 3.31. The Morgan fingerprint density at radius 3 is 3.05 bits per heavy atom. The van der Waals surface area contributed by atoms with Gasteiger partial charge in [0, 0.05) is 18.6 Å². The molecule has 6 heteroatoms. The smallest absolute Gasteiger partial charge is 0.317 e. The van der Waals surface area contributed by atoms with Crippen molar-refractivity contribution in [3.8, 4) is 0 Å². The minimum atomic E-state index is -0.846. The molecule has 1 aromatic rings. The molecule has 20 heavy (non-hydrogen) atoms. The summed E-state index contributed by atoms with van der Waals surface area (Å²) in [5, 5.41) is 15.9. The lowest BCUT2D eigenvalue weighted by atomic mass is 10.1. The molecule has 2 rings (SSSR count). The van der Waals surface area contributed by atoms with Crippen LogP contribution in [-0.4, -0.2) is 40.6 Å². The second kappa shape index (κ2) is 6.74. The van der Waals surface area contributed by atoms with Gasteiger partial charge in [-0.25, -0.2) is 4.79 Å². The Balaban J connectivity index is 1.85. The number of hydrogen-bond acceptors (Lipinski definition) is 3. The summed E-state index contributed by atoms with van der Waals surface area (Å²) in [7, 11) is 0. The number of carbonyl (C=O) groups excluding carboxylic acids is 1. The summed E-state index contributed by atoms with van der Waals surface area (Å²) >= 11 is 1.64. The molecule has 1 fully saturated rings. The molecule has 1 aromatic heterocycles. The zero-order valence-corrected chi connectivity index (χ0v) is 12.4. The van der Waals surface area contributed by atoms with Crippen LogP contribution in [-0.2, 0) is 11.2 Å². The fourth-order valence-electron chi connectivity index (χ4n) is 2.62. The first kappa shape index (κ1) is 14.8. The molecule has 1 aliphatic rings. The maximum atomic E-state index is 12.2. The third-order valence-corrected chi connectivity index (χ3v) is 4.27. The molecule has 0 aliphatic carbocycles. The monoisotopic (exact) mass is 296 g/mol. The van der Waals surface area contributed by atoms with Crippen LogP contribution in [0.15, 0.2) is 16.8 Å². The molecule has 1 aliphatic heterocycles. The number of hydrogen-bond donors (Lipinski definition) is 2. The van der Waals surface area contributed by atoms with E-state index >= 15 is 0 Å². The highest BCUT2D eigenvalue weighted by atomic mass is 32.1. The summed E-state index contributed by atoms with van der Waals surface area (Å²) in [4.78, 5) is 24.7. The Kier molecular flexibility index (Phi) is 5.00. The molecule has 5 nitrogen and oxygen atoms in total. The molecule has 0 spiro atoms. The first-order chi connectivity index (χ1) is 9.56. The molecule has 0 radical (unpaired) electrons.